The van der Waals surface area contributed by atoms with Crippen molar-refractivity contribution in [3.05, 3.63) is 41.5 Å². The highest BCUT2D eigenvalue weighted by Gasteiger charge is 2.19. The Morgan fingerprint density at radius 2 is 1.83 bits per heavy atom. The maximum absolute atomic E-state index is 12.5. The predicted octanol–water partition coefficient (Wildman–Crippen LogP) is 2.45. The third-order valence-corrected chi connectivity index (χ3v) is 4.02. The summed E-state index contributed by atoms with van der Waals surface area (Å²) in [5.74, 6) is -0.0547. The van der Waals surface area contributed by atoms with Crippen LogP contribution in [0.1, 0.15) is 24.8 Å². The number of benzene rings is 1. The first-order chi connectivity index (χ1) is 11.6. The summed E-state index contributed by atoms with van der Waals surface area (Å²) < 4.78 is 10.6. The van der Waals surface area contributed by atoms with Crippen molar-refractivity contribution in [1.82, 2.24) is 4.90 Å². The van der Waals surface area contributed by atoms with Crippen molar-refractivity contribution in [2.24, 2.45) is 0 Å². The van der Waals surface area contributed by atoms with Gasteiger partial charge in [-0.05, 0) is 43.0 Å². The zero-order chi connectivity index (χ0) is 16.9. The maximum atomic E-state index is 12.5. The number of amides is 1. The minimum atomic E-state index is -1.13. The van der Waals surface area contributed by atoms with Crippen molar-refractivity contribution in [2.45, 2.75) is 19.3 Å². The molecule has 0 atom stereocenters. The lowest BCUT2D eigenvalue weighted by molar-refractivity contribution is -0.132. The third kappa shape index (κ3) is 3.76. The first-order valence-corrected chi connectivity index (χ1v) is 7.95. The summed E-state index contributed by atoms with van der Waals surface area (Å²) in [7, 11) is 0. The summed E-state index contributed by atoms with van der Waals surface area (Å²) >= 11 is 0. The van der Waals surface area contributed by atoms with Crippen LogP contribution in [0.5, 0.6) is 11.5 Å². The molecule has 0 radical (unpaired) electrons. The van der Waals surface area contributed by atoms with Gasteiger partial charge in [0.1, 0.15) is 0 Å². The largest absolute Gasteiger partial charge is 0.478 e. The number of ether oxygens (including phenoxy) is 2. The summed E-state index contributed by atoms with van der Waals surface area (Å²) in [5.41, 5.74) is 0.976. The molecule has 0 saturated carbocycles. The molecule has 1 amide bonds. The van der Waals surface area contributed by atoms with Crippen molar-refractivity contribution in [1.29, 1.82) is 0 Å². The number of piperidine rings is 1. The molecule has 1 saturated heterocycles. The van der Waals surface area contributed by atoms with E-state index in [1.165, 1.54) is 0 Å². The Labute approximate surface area is 140 Å². The Hall–Kier alpha value is -2.76. The summed E-state index contributed by atoms with van der Waals surface area (Å²) in [5, 5.41) is 9.04. The zero-order valence-electron chi connectivity index (χ0n) is 13.2. The second kappa shape index (κ2) is 7.21. The molecule has 6 nitrogen and oxygen atoms in total. The van der Waals surface area contributed by atoms with E-state index in [1.54, 1.807) is 29.2 Å². The standard InChI is InChI=1S/C18H19NO5/c20-17(21)11-14(18(22)19-8-2-1-3-9-19)6-4-13-5-7-15-16(10-13)24-12-23-15/h4-7,10-11H,1-3,8-9,12H2,(H,20,21)/b6-4?,14-11-. The van der Waals surface area contributed by atoms with Crippen LogP contribution in [-0.4, -0.2) is 41.8 Å². The summed E-state index contributed by atoms with van der Waals surface area (Å²) in [6.07, 6.45) is 7.23. The van der Waals surface area contributed by atoms with E-state index < -0.39 is 5.97 Å². The highest BCUT2D eigenvalue weighted by Crippen LogP contribution is 2.32. The maximum Gasteiger partial charge on any atom is 0.329 e. The zero-order valence-corrected chi connectivity index (χ0v) is 13.2. The van der Waals surface area contributed by atoms with Gasteiger partial charge in [0.15, 0.2) is 11.5 Å². The molecule has 0 bridgehead atoms. The molecule has 0 aliphatic carbocycles. The van der Waals surface area contributed by atoms with Crippen LogP contribution >= 0.6 is 0 Å². The summed E-state index contributed by atoms with van der Waals surface area (Å²) in [4.78, 5) is 25.3. The second-order valence-corrected chi connectivity index (χ2v) is 5.74. The van der Waals surface area contributed by atoms with Gasteiger partial charge in [-0.1, -0.05) is 12.1 Å². The number of hydrogen-bond acceptors (Lipinski definition) is 4. The van der Waals surface area contributed by atoms with E-state index in [4.69, 9.17) is 14.6 Å². The lowest BCUT2D eigenvalue weighted by atomic mass is 10.1. The molecule has 3 rings (SSSR count). The molecule has 1 aromatic carbocycles. The number of rotatable bonds is 4. The Bertz CT molecular complexity index is 701. The van der Waals surface area contributed by atoms with Crippen LogP contribution in [0, 0.1) is 0 Å². The first-order valence-electron chi connectivity index (χ1n) is 7.95. The number of carbonyl (C=O) groups is 2. The number of likely N-dealkylation sites (tertiary alicyclic amines) is 1. The Morgan fingerprint density at radius 3 is 2.58 bits per heavy atom. The lowest BCUT2D eigenvalue weighted by Crippen LogP contribution is -2.36. The predicted molar refractivity (Wildman–Crippen MR) is 87.7 cm³/mol. The minimum absolute atomic E-state index is 0.169. The summed E-state index contributed by atoms with van der Waals surface area (Å²) in [6, 6.07) is 5.41. The van der Waals surface area contributed by atoms with Crippen LogP contribution in [0.15, 0.2) is 35.9 Å². The molecule has 0 unspecified atom stereocenters. The number of carboxylic acid groups (broad SMARTS) is 1. The van der Waals surface area contributed by atoms with Crippen LogP contribution in [0.25, 0.3) is 6.08 Å². The minimum Gasteiger partial charge on any atom is -0.478 e. The molecule has 1 N–H and O–H groups in total. The Kier molecular flexibility index (Phi) is 4.84. The fourth-order valence-electron chi connectivity index (χ4n) is 2.80. The average Bonchev–Trinajstić information content (AvgIpc) is 3.06. The molecule has 0 aromatic heterocycles. The van der Waals surface area contributed by atoms with Crippen molar-refractivity contribution >= 4 is 18.0 Å². The number of carboxylic acids is 1. The quantitative estimate of drug-likeness (QED) is 0.678. The van der Waals surface area contributed by atoms with Crippen LogP contribution in [0.2, 0.25) is 0 Å². The van der Waals surface area contributed by atoms with Crippen LogP contribution in [-0.2, 0) is 9.59 Å². The number of carbonyl (C=O) groups excluding carboxylic acids is 1. The van der Waals surface area contributed by atoms with Crippen LogP contribution < -0.4 is 9.47 Å². The van der Waals surface area contributed by atoms with Gasteiger partial charge < -0.3 is 19.5 Å². The van der Waals surface area contributed by atoms with Crippen LogP contribution in [0.3, 0.4) is 0 Å². The Morgan fingerprint density at radius 1 is 1.08 bits per heavy atom. The topological polar surface area (TPSA) is 76.1 Å². The molecule has 24 heavy (non-hydrogen) atoms. The second-order valence-electron chi connectivity index (χ2n) is 5.74. The van der Waals surface area contributed by atoms with Crippen LogP contribution in [0.4, 0.5) is 0 Å². The molecule has 1 aromatic rings. The van der Waals surface area contributed by atoms with E-state index >= 15 is 0 Å². The van der Waals surface area contributed by atoms with Crippen molar-refractivity contribution in [3.63, 3.8) is 0 Å². The molecular formula is C18H19NO5. The summed E-state index contributed by atoms with van der Waals surface area (Å²) in [6.45, 7) is 1.54. The van der Waals surface area contributed by atoms with Gasteiger partial charge in [0.2, 0.25) is 6.79 Å². The van der Waals surface area contributed by atoms with Gasteiger partial charge in [0.25, 0.3) is 5.91 Å². The normalized spacial score (nSPS) is 17.3. The number of fused-ring (bicyclic) bond motifs is 1. The van der Waals surface area contributed by atoms with Gasteiger partial charge in [0.05, 0.1) is 0 Å². The fraction of sp³-hybridized carbons (Fsp3) is 0.333. The van der Waals surface area contributed by atoms with E-state index in [0.29, 0.717) is 24.6 Å². The number of aliphatic carboxylic acids is 1. The molecule has 2 aliphatic rings. The van der Waals surface area contributed by atoms with Gasteiger partial charge in [-0.3, -0.25) is 4.79 Å². The van der Waals surface area contributed by atoms with Crippen molar-refractivity contribution in [3.8, 4) is 11.5 Å². The smallest absolute Gasteiger partial charge is 0.329 e. The number of nitrogens with zero attached hydrogens (tertiary/aromatic N) is 1. The SMILES string of the molecule is O=C(O)/C=C(/C=Cc1ccc2c(c1)OCO2)C(=O)N1CCCCC1. The average molecular weight is 329 g/mol. The van der Waals surface area contributed by atoms with Gasteiger partial charge in [-0.25, -0.2) is 4.79 Å². The van der Waals surface area contributed by atoms with Crippen molar-refractivity contribution < 1.29 is 24.2 Å². The van der Waals surface area contributed by atoms with E-state index in [1.807, 2.05) is 6.07 Å². The highest BCUT2D eigenvalue weighted by molar-refractivity contribution is 6.02. The molecule has 1 fully saturated rings. The molecule has 2 heterocycles. The van der Waals surface area contributed by atoms with Gasteiger partial charge in [-0.15, -0.1) is 0 Å². The van der Waals surface area contributed by atoms with E-state index in [2.05, 4.69) is 0 Å². The van der Waals surface area contributed by atoms with Gasteiger partial charge in [0, 0.05) is 24.7 Å². The molecule has 126 valence electrons. The third-order valence-electron chi connectivity index (χ3n) is 4.02. The van der Waals surface area contributed by atoms with Gasteiger partial charge >= 0.3 is 5.97 Å². The monoisotopic (exact) mass is 329 g/mol. The number of hydrogen-bond donors (Lipinski definition) is 1. The molecular weight excluding hydrogens is 310 g/mol. The van der Waals surface area contributed by atoms with Crippen molar-refractivity contribution in [2.75, 3.05) is 19.9 Å². The molecule has 0 spiro atoms. The van der Waals surface area contributed by atoms with E-state index in [-0.39, 0.29) is 18.3 Å². The Balaban J connectivity index is 1.79. The highest BCUT2D eigenvalue weighted by atomic mass is 16.7. The van der Waals surface area contributed by atoms with Gasteiger partial charge in [-0.2, -0.15) is 0 Å². The molecule has 2 aliphatic heterocycles. The van der Waals surface area contributed by atoms with E-state index in [0.717, 1.165) is 30.9 Å². The first kappa shape index (κ1) is 16.1. The van der Waals surface area contributed by atoms with E-state index in [9.17, 15) is 9.59 Å². The lowest BCUT2D eigenvalue weighted by Gasteiger charge is -2.27. The molecule has 6 heteroatoms. The fourth-order valence-corrected chi connectivity index (χ4v) is 2.80.